The Bertz CT molecular complexity index is 391. The van der Waals surface area contributed by atoms with E-state index in [4.69, 9.17) is 0 Å². The van der Waals surface area contributed by atoms with Crippen molar-refractivity contribution in [1.82, 2.24) is 14.5 Å². The van der Waals surface area contributed by atoms with Crippen molar-refractivity contribution in [3.63, 3.8) is 0 Å². The highest BCUT2D eigenvalue weighted by molar-refractivity contribution is 5.27. The van der Waals surface area contributed by atoms with Gasteiger partial charge in [-0.2, -0.15) is 0 Å². The quantitative estimate of drug-likeness (QED) is 0.855. The topological polar surface area (TPSA) is 33.1 Å². The molecule has 0 saturated heterocycles. The SMILES string of the molecule is CN(CCn1ccnc1NC1CCCCC1)C1CC1. The number of hydrogen-bond acceptors (Lipinski definition) is 3. The summed E-state index contributed by atoms with van der Waals surface area (Å²) >= 11 is 0. The summed E-state index contributed by atoms with van der Waals surface area (Å²) in [5.41, 5.74) is 0. The van der Waals surface area contributed by atoms with Gasteiger partial charge in [0.25, 0.3) is 0 Å². The predicted octanol–water partition coefficient (Wildman–Crippen LogP) is 2.72. The zero-order chi connectivity index (χ0) is 13.1. The Morgan fingerprint density at radius 3 is 2.79 bits per heavy atom. The molecule has 1 aromatic rings. The Kier molecular flexibility index (Phi) is 4.06. The summed E-state index contributed by atoms with van der Waals surface area (Å²) in [6.07, 6.45) is 13.5. The van der Waals surface area contributed by atoms with Crippen molar-refractivity contribution in [3.8, 4) is 0 Å². The fraction of sp³-hybridized carbons (Fsp3) is 0.800. The fourth-order valence-corrected chi connectivity index (χ4v) is 3.02. The maximum Gasteiger partial charge on any atom is 0.203 e. The number of hydrogen-bond donors (Lipinski definition) is 1. The van der Waals surface area contributed by atoms with Crippen molar-refractivity contribution in [2.75, 3.05) is 18.9 Å². The van der Waals surface area contributed by atoms with Gasteiger partial charge in [-0.25, -0.2) is 4.98 Å². The van der Waals surface area contributed by atoms with Gasteiger partial charge in [-0.1, -0.05) is 19.3 Å². The number of nitrogens with zero attached hydrogens (tertiary/aromatic N) is 3. The monoisotopic (exact) mass is 262 g/mol. The lowest BCUT2D eigenvalue weighted by atomic mass is 9.96. The van der Waals surface area contributed by atoms with Crippen LogP contribution in [0.2, 0.25) is 0 Å². The number of imidazole rings is 1. The van der Waals surface area contributed by atoms with E-state index >= 15 is 0 Å². The molecule has 106 valence electrons. The molecule has 2 saturated carbocycles. The standard InChI is InChI=1S/C15H26N4/c1-18(14-7-8-14)11-12-19-10-9-16-15(19)17-13-5-3-2-4-6-13/h9-10,13-14H,2-8,11-12H2,1H3,(H,16,17). The van der Waals surface area contributed by atoms with E-state index in [9.17, 15) is 0 Å². The van der Waals surface area contributed by atoms with Crippen LogP contribution in [0.15, 0.2) is 12.4 Å². The van der Waals surface area contributed by atoms with Crippen molar-refractivity contribution in [3.05, 3.63) is 12.4 Å². The second kappa shape index (κ2) is 5.95. The minimum absolute atomic E-state index is 0.635. The van der Waals surface area contributed by atoms with Crippen molar-refractivity contribution in [2.24, 2.45) is 0 Å². The summed E-state index contributed by atoms with van der Waals surface area (Å²) in [5, 5.41) is 3.63. The van der Waals surface area contributed by atoms with Gasteiger partial charge in [0.2, 0.25) is 5.95 Å². The van der Waals surface area contributed by atoms with Gasteiger partial charge in [0, 0.05) is 37.6 Å². The third-order valence-corrected chi connectivity index (χ3v) is 4.52. The highest BCUT2D eigenvalue weighted by atomic mass is 15.2. The number of anilines is 1. The first-order valence-electron chi connectivity index (χ1n) is 7.81. The second-order valence-electron chi connectivity index (χ2n) is 6.14. The Balaban J connectivity index is 1.51. The van der Waals surface area contributed by atoms with Crippen molar-refractivity contribution < 1.29 is 0 Å². The first-order valence-corrected chi connectivity index (χ1v) is 7.81. The van der Waals surface area contributed by atoms with Gasteiger partial charge >= 0.3 is 0 Å². The molecular weight excluding hydrogens is 236 g/mol. The van der Waals surface area contributed by atoms with E-state index in [1.807, 2.05) is 6.20 Å². The van der Waals surface area contributed by atoms with Crippen LogP contribution in [0, 0.1) is 0 Å². The molecule has 0 amide bonds. The van der Waals surface area contributed by atoms with E-state index in [0.29, 0.717) is 6.04 Å². The average molecular weight is 262 g/mol. The lowest BCUT2D eigenvalue weighted by molar-refractivity contribution is 0.309. The van der Waals surface area contributed by atoms with Crippen LogP contribution in [0.3, 0.4) is 0 Å². The molecule has 4 heteroatoms. The van der Waals surface area contributed by atoms with Crippen LogP contribution >= 0.6 is 0 Å². The van der Waals surface area contributed by atoms with Gasteiger partial charge in [0.15, 0.2) is 0 Å². The molecule has 2 aliphatic rings. The minimum atomic E-state index is 0.635. The Morgan fingerprint density at radius 2 is 2.05 bits per heavy atom. The first-order chi connectivity index (χ1) is 9.33. The van der Waals surface area contributed by atoms with Crippen LogP contribution in [0.4, 0.5) is 5.95 Å². The lowest BCUT2D eigenvalue weighted by Crippen LogP contribution is -2.27. The molecule has 3 rings (SSSR count). The minimum Gasteiger partial charge on any atom is -0.353 e. The molecule has 0 atom stereocenters. The molecule has 1 N–H and O–H groups in total. The Labute approximate surface area is 116 Å². The van der Waals surface area contributed by atoms with Crippen LogP contribution in [-0.2, 0) is 6.54 Å². The number of nitrogens with one attached hydrogen (secondary N) is 1. The van der Waals surface area contributed by atoms with Gasteiger partial charge in [-0.3, -0.25) is 0 Å². The van der Waals surface area contributed by atoms with E-state index in [-0.39, 0.29) is 0 Å². The molecule has 2 fully saturated rings. The molecule has 4 nitrogen and oxygen atoms in total. The fourth-order valence-electron chi connectivity index (χ4n) is 3.02. The molecule has 0 radical (unpaired) electrons. The molecule has 1 aromatic heterocycles. The van der Waals surface area contributed by atoms with Crippen molar-refractivity contribution >= 4 is 5.95 Å². The molecule has 0 unspecified atom stereocenters. The molecule has 1 heterocycles. The third-order valence-electron chi connectivity index (χ3n) is 4.52. The Morgan fingerprint density at radius 1 is 1.26 bits per heavy atom. The van der Waals surface area contributed by atoms with E-state index in [1.54, 1.807) is 0 Å². The maximum absolute atomic E-state index is 4.48. The molecule has 0 aromatic carbocycles. The van der Waals surface area contributed by atoms with Gasteiger partial charge in [0.1, 0.15) is 0 Å². The molecule has 19 heavy (non-hydrogen) atoms. The van der Waals surface area contributed by atoms with E-state index < -0.39 is 0 Å². The van der Waals surface area contributed by atoms with Crippen molar-refractivity contribution in [1.29, 1.82) is 0 Å². The summed E-state index contributed by atoms with van der Waals surface area (Å²) in [7, 11) is 2.24. The average Bonchev–Trinajstić information content (AvgIpc) is 3.20. The normalized spacial score (nSPS) is 20.9. The van der Waals surface area contributed by atoms with Gasteiger partial charge in [0.05, 0.1) is 0 Å². The summed E-state index contributed by atoms with van der Waals surface area (Å²) in [6, 6.07) is 1.48. The largest absolute Gasteiger partial charge is 0.353 e. The summed E-state index contributed by atoms with van der Waals surface area (Å²) in [5.74, 6) is 1.07. The van der Waals surface area contributed by atoms with E-state index in [1.165, 1.54) is 44.9 Å². The first kappa shape index (κ1) is 13.0. The zero-order valence-corrected chi connectivity index (χ0v) is 12.0. The predicted molar refractivity (Wildman–Crippen MR) is 78.4 cm³/mol. The van der Waals surface area contributed by atoms with Crippen molar-refractivity contribution in [2.45, 2.75) is 63.6 Å². The molecule has 0 bridgehead atoms. The number of aromatic nitrogens is 2. The van der Waals surface area contributed by atoms with Crippen LogP contribution < -0.4 is 5.32 Å². The molecule has 2 aliphatic carbocycles. The van der Waals surface area contributed by atoms with Crippen LogP contribution in [-0.4, -0.2) is 40.1 Å². The van der Waals surface area contributed by atoms with Gasteiger partial charge in [-0.15, -0.1) is 0 Å². The molecule has 0 spiro atoms. The third kappa shape index (κ3) is 3.50. The van der Waals surface area contributed by atoms with Crippen LogP contribution in [0.1, 0.15) is 44.9 Å². The Hall–Kier alpha value is -1.03. The van der Waals surface area contributed by atoms with E-state index in [0.717, 1.165) is 25.1 Å². The summed E-state index contributed by atoms with van der Waals surface area (Å²) < 4.78 is 2.27. The zero-order valence-electron chi connectivity index (χ0n) is 12.0. The smallest absolute Gasteiger partial charge is 0.203 e. The van der Waals surface area contributed by atoms with Crippen LogP contribution in [0.5, 0.6) is 0 Å². The highest BCUT2D eigenvalue weighted by Crippen LogP contribution is 2.25. The number of rotatable bonds is 6. The lowest BCUT2D eigenvalue weighted by Gasteiger charge is -2.24. The van der Waals surface area contributed by atoms with Crippen LogP contribution in [0.25, 0.3) is 0 Å². The molecule has 0 aliphatic heterocycles. The van der Waals surface area contributed by atoms with Gasteiger partial charge < -0.3 is 14.8 Å². The number of likely N-dealkylation sites (N-methyl/N-ethyl adjacent to an activating group) is 1. The van der Waals surface area contributed by atoms with Gasteiger partial charge in [-0.05, 0) is 32.7 Å². The second-order valence-corrected chi connectivity index (χ2v) is 6.14. The van der Waals surface area contributed by atoms with E-state index in [2.05, 4.69) is 33.0 Å². The summed E-state index contributed by atoms with van der Waals surface area (Å²) in [4.78, 5) is 6.96. The molecular formula is C15H26N4. The maximum atomic E-state index is 4.48. The summed E-state index contributed by atoms with van der Waals surface area (Å²) in [6.45, 7) is 2.17. The highest BCUT2D eigenvalue weighted by Gasteiger charge is 2.25.